The van der Waals surface area contributed by atoms with Crippen LogP contribution in [0.25, 0.3) is 0 Å². The largest absolute Gasteiger partial charge is 0.462 e. The molecule has 0 aromatic carbocycles. The maximum atomic E-state index is 12.7. The Bertz CT molecular complexity index is 954. The highest BCUT2D eigenvalue weighted by Crippen LogP contribution is 2.22. The first-order valence-electron chi connectivity index (χ1n) is 22.4. The van der Waals surface area contributed by atoms with Crippen molar-refractivity contribution in [2.45, 2.75) is 230 Å². The van der Waals surface area contributed by atoms with Gasteiger partial charge in [-0.05, 0) is 51.4 Å². The molecule has 1 rings (SSSR count). The second-order valence-corrected chi connectivity index (χ2v) is 15.5. The first kappa shape index (κ1) is 51.2. The summed E-state index contributed by atoms with van der Waals surface area (Å²) < 4.78 is 22.1. The summed E-state index contributed by atoms with van der Waals surface area (Å²) in [4.78, 5) is 25.3. The molecule has 1 fully saturated rings. The van der Waals surface area contributed by atoms with E-state index in [0.717, 1.165) is 44.9 Å². The lowest BCUT2D eigenvalue weighted by Crippen LogP contribution is -2.59. The molecular formula is C45H82O10. The van der Waals surface area contributed by atoms with Gasteiger partial charge < -0.3 is 39.4 Å². The van der Waals surface area contributed by atoms with Crippen LogP contribution in [0, 0.1) is 0 Å². The maximum Gasteiger partial charge on any atom is 0.306 e. The monoisotopic (exact) mass is 783 g/mol. The van der Waals surface area contributed by atoms with Gasteiger partial charge >= 0.3 is 11.9 Å². The zero-order valence-corrected chi connectivity index (χ0v) is 34.9. The Morgan fingerprint density at radius 2 is 1.00 bits per heavy atom. The number of carbonyl (C=O) groups excluding carboxylic acids is 2. The van der Waals surface area contributed by atoms with E-state index >= 15 is 0 Å². The molecule has 1 saturated heterocycles. The van der Waals surface area contributed by atoms with Gasteiger partial charge in [0.1, 0.15) is 31.0 Å². The first-order chi connectivity index (χ1) is 26.8. The Balaban J connectivity index is 2.36. The fourth-order valence-corrected chi connectivity index (χ4v) is 6.73. The number of carbonyl (C=O) groups is 2. The average molecular weight is 783 g/mol. The molecule has 1 heterocycles. The molecule has 0 aromatic heterocycles. The fraction of sp³-hybridized carbons (Fsp3) is 0.867. The van der Waals surface area contributed by atoms with E-state index in [4.69, 9.17) is 18.9 Å². The minimum absolute atomic E-state index is 0.192. The number of aliphatic hydroxyl groups excluding tert-OH is 4. The lowest BCUT2D eigenvalue weighted by molar-refractivity contribution is -0.305. The second-order valence-electron chi connectivity index (χ2n) is 15.5. The third-order valence-corrected chi connectivity index (χ3v) is 10.3. The van der Waals surface area contributed by atoms with Gasteiger partial charge in [-0.15, -0.1) is 0 Å². The molecule has 4 N–H and O–H groups in total. The number of hydrogen-bond acceptors (Lipinski definition) is 10. The zero-order chi connectivity index (χ0) is 40.2. The van der Waals surface area contributed by atoms with E-state index in [9.17, 15) is 30.0 Å². The van der Waals surface area contributed by atoms with Gasteiger partial charge in [0, 0.05) is 12.8 Å². The van der Waals surface area contributed by atoms with Crippen LogP contribution < -0.4 is 0 Å². The number of allylic oxidation sites excluding steroid dienone is 4. The normalized spacial score (nSPS) is 20.7. The summed E-state index contributed by atoms with van der Waals surface area (Å²) in [5.41, 5.74) is 0. The summed E-state index contributed by atoms with van der Waals surface area (Å²) in [6.45, 7) is 3.38. The standard InChI is InChI=1S/C45H82O10/c1-3-5-7-9-11-13-15-17-19-21-23-25-27-29-31-33-40(47)52-36-38(37-53-45-44(51)43(50)42(49)39(35-46)55-45)54-41(48)34-32-30-28-26-24-22-20-18-16-14-12-10-8-6-4-2/h18,20,27,29,38-39,42-46,49-51H,3-17,19,21-26,28,30-37H2,1-2H3/b20-18+,29-27+/t38-,39-,42+,43?,44?,45-/m0/s1. The minimum Gasteiger partial charge on any atom is -0.462 e. The molecule has 0 spiro atoms. The van der Waals surface area contributed by atoms with Crippen LogP contribution in [0.4, 0.5) is 0 Å². The van der Waals surface area contributed by atoms with Crippen LogP contribution in [-0.4, -0.2) is 89.0 Å². The van der Waals surface area contributed by atoms with Crippen molar-refractivity contribution in [3.8, 4) is 0 Å². The third-order valence-electron chi connectivity index (χ3n) is 10.3. The highest BCUT2D eigenvalue weighted by molar-refractivity contribution is 5.70. The van der Waals surface area contributed by atoms with Crippen molar-refractivity contribution in [2.75, 3.05) is 19.8 Å². The van der Waals surface area contributed by atoms with Crippen LogP contribution in [0.5, 0.6) is 0 Å². The molecule has 0 aliphatic carbocycles. The Labute approximate surface area is 334 Å². The van der Waals surface area contributed by atoms with Crippen LogP contribution in [-0.2, 0) is 28.5 Å². The van der Waals surface area contributed by atoms with E-state index in [0.29, 0.717) is 12.8 Å². The van der Waals surface area contributed by atoms with E-state index in [1.807, 2.05) is 6.08 Å². The summed E-state index contributed by atoms with van der Waals surface area (Å²) >= 11 is 0. The predicted molar refractivity (Wildman–Crippen MR) is 219 cm³/mol. The predicted octanol–water partition coefficient (Wildman–Crippen LogP) is 9.33. The van der Waals surface area contributed by atoms with Crippen molar-refractivity contribution in [3.05, 3.63) is 24.3 Å². The van der Waals surface area contributed by atoms with E-state index in [1.165, 1.54) is 109 Å². The fourth-order valence-electron chi connectivity index (χ4n) is 6.73. The van der Waals surface area contributed by atoms with E-state index < -0.39 is 55.4 Å². The van der Waals surface area contributed by atoms with Crippen molar-refractivity contribution < 1.29 is 49.0 Å². The lowest BCUT2D eigenvalue weighted by atomic mass is 9.99. The van der Waals surface area contributed by atoms with Gasteiger partial charge in [0.15, 0.2) is 12.4 Å². The molecule has 2 unspecified atom stereocenters. The van der Waals surface area contributed by atoms with Gasteiger partial charge in [-0.3, -0.25) is 9.59 Å². The van der Waals surface area contributed by atoms with Gasteiger partial charge in [0.05, 0.1) is 13.2 Å². The van der Waals surface area contributed by atoms with Crippen LogP contribution >= 0.6 is 0 Å². The molecule has 0 aromatic rings. The first-order valence-corrected chi connectivity index (χ1v) is 22.4. The average Bonchev–Trinajstić information content (AvgIpc) is 3.18. The molecule has 10 heteroatoms. The number of hydrogen-bond donors (Lipinski definition) is 4. The highest BCUT2D eigenvalue weighted by atomic mass is 16.7. The minimum atomic E-state index is -1.60. The summed E-state index contributed by atoms with van der Waals surface area (Å²) in [7, 11) is 0. The van der Waals surface area contributed by atoms with Crippen molar-refractivity contribution in [1.82, 2.24) is 0 Å². The van der Waals surface area contributed by atoms with Gasteiger partial charge in [-0.1, -0.05) is 154 Å². The van der Waals surface area contributed by atoms with Gasteiger partial charge in [-0.25, -0.2) is 0 Å². The summed E-state index contributed by atoms with van der Waals surface area (Å²) in [6.07, 6.45) is 31.9. The van der Waals surface area contributed by atoms with Gasteiger partial charge in [-0.2, -0.15) is 0 Å². The SMILES string of the molecule is CCCCCCCC/C=C/CCCCCCCC(=O)O[C@@H](COC(=O)CC/C=C/CCCCCCCCCCCCC)CO[C@H]1O[C@@H](CO)[C@@H](O)C(O)C1O. The molecule has 0 amide bonds. The number of unbranched alkanes of at least 4 members (excludes halogenated alkanes) is 22. The molecule has 322 valence electrons. The Morgan fingerprint density at radius 3 is 1.49 bits per heavy atom. The quantitative estimate of drug-likeness (QED) is 0.0273. The molecule has 0 bridgehead atoms. The topological polar surface area (TPSA) is 152 Å². The van der Waals surface area contributed by atoms with Crippen LogP contribution in [0.3, 0.4) is 0 Å². The Hall–Kier alpha value is -1.82. The number of rotatable bonds is 37. The molecule has 55 heavy (non-hydrogen) atoms. The molecule has 10 nitrogen and oxygen atoms in total. The molecular weight excluding hydrogens is 700 g/mol. The zero-order valence-electron chi connectivity index (χ0n) is 34.9. The molecule has 1 aliphatic rings. The molecule has 0 radical (unpaired) electrons. The van der Waals surface area contributed by atoms with Gasteiger partial charge in [0.25, 0.3) is 0 Å². The van der Waals surface area contributed by atoms with E-state index in [-0.39, 0.29) is 26.1 Å². The van der Waals surface area contributed by atoms with Crippen molar-refractivity contribution >= 4 is 11.9 Å². The summed E-state index contributed by atoms with van der Waals surface area (Å²) in [5, 5.41) is 40.0. The number of esters is 2. The maximum absolute atomic E-state index is 12.7. The molecule has 6 atom stereocenters. The van der Waals surface area contributed by atoms with Crippen LogP contribution in [0.2, 0.25) is 0 Å². The number of aliphatic hydroxyl groups is 4. The Kier molecular flexibility index (Phi) is 34.0. The smallest absolute Gasteiger partial charge is 0.306 e. The molecule has 0 saturated carbocycles. The highest BCUT2D eigenvalue weighted by Gasteiger charge is 2.44. The lowest BCUT2D eigenvalue weighted by Gasteiger charge is -2.39. The van der Waals surface area contributed by atoms with Gasteiger partial charge in [0.2, 0.25) is 0 Å². The third kappa shape index (κ3) is 28.3. The van der Waals surface area contributed by atoms with Crippen molar-refractivity contribution in [1.29, 1.82) is 0 Å². The summed E-state index contributed by atoms with van der Waals surface area (Å²) in [5.74, 6) is -0.869. The van der Waals surface area contributed by atoms with Crippen LogP contribution in [0.1, 0.15) is 194 Å². The summed E-state index contributed by atoms with van der Waals surface area (Å²) in [6, 6.07) is 0. The van der Waals surface area contributed by atoms with E-state index in [2.05, 4.69) is 32.1 Å². The number of ether oxygens (including phenoxy) is 4. The van der Waals surface area contributed by atoms with Crippen LogP contribution in [0.15, 0.2) is 24.3 Å². The van der Waals surface area contributed by atoms with E-state index in [1.54, 1.807) is 0 Å². The van der Waals surface area contributed by atoms with Crippen molar-refractivity contribution in [2.24, 2.45) is 0 Å². The van der Waals surface area contributed by atoms with Crippen molar-refractivity contribution in [3.63, 3.8) is 0 Å². The Morgan fingerprint density at radius 1 is 0.545 bits per heavy atom. The second kappa shape index (κ2) is 36.5. The molecule has 1 aliphatic heterocycles.